The molecular weight excluding hydrogens is 304 g/mol. The molecule has 6 heteroatoms. The Morgan fingerprint density at radius 3 is 2.65 bits per heavy atom. The van der Waals surface area contributed by atoms with Crippen LogP contribution in [0.15, 0.2) is 33.6 Å². The van der Waals surface area contributed by atoms with E-state index in [1.54, 1.807) is 26.0 Å². The molecule has 1 N–H and O–H groups in total. The third-order valence-corrected chi connectivity index (χ3v) is 4.51. The second kappa shape index (κ2) is 5.17. The predicted octanol–water partition coefficient (Wildman–Crippen LogP) is 2.42. The Morgan fingerprint density at radius 1 is 1.53 bits per heavy atom. The highest BCUT2D eigenvalue weighted by atomic mass is 79.9. The van der Waals surface area contributed by atoms with Crippen LogP contribution in [0.25, 0.3) is 0 Å². The highest BCUT2D eigenvalue weighted by molar-refractivity contribution is 9.10. The molecule has 0 saturated carbocycles. The van der Waals surface area contributed by atoms with E-state index in [4.69, 9.17) is 5.26 Å². The minimum atomic E-state index is -3.67. The first kappa shape index (κ1) is 14.2. The molecule has 1 aromatic carbocycles. The summed E-state index contributed by atoms with van der Waals surface area (Å²) in [5.74, 6) is 0. The number of hydrogen-bond acceptors (Lipinski definition) is 3. The molecule has 0 radical (unpaired) electrons. The van der Waals surface area contributed by atoms with Crippen molar-refractivity contribution in [3.8, 4) is 6.07 Å². The van der Waals surface area contributed by atoms with Crippen molar-refractivity contribution in [2.75, 3.05) is 0 Å². The molecule has 0 spiro atoms. The Morgan fingerprint density at radius 2 is 2.18 bits per heavy atom. The number of hydrogen-bond donors (Lipinski definition) is 1. The highest BCUT2D eigenvalue weighted by Crippen LogP contribution is 2.18. The molecule has 4 nitrogen and oxygen atoms in total. The molecule has 1 atom stereocenters. The molecule has 0 aromatic heterocycles. The van der Waals surface area contributed by atoms with Crippen LogP contribution < -0.4 is 4.72 Å². The molecule has 1 unspecified atom stereocenters. The van der Waals surface area contributed by atoms with Gasteiger partial charge in [-0.1, -0.05) is 28.9 Å². The summed E-state index contributed by atoms with van der Waals surface area (Å²) in [4.78, 5) is 0.141. The first-order chi connectivity index (χ1) is 7.83. The van der Waals surface area contributed by atoms with Gasteiger partial charge in [-0.05, 0) is 31.5 Å². The maximum atomic E-state index is 12.0. The summed E-state index contributed by atoms with van der Waals surface area (Å²) >= 11 is 3.21. The second-order valence-corrected chi connectivity index (χ2v) is 6.46. The number of sulfonamides is 1. The van der Waals surface area contributed by atoms with Gasteiger partial charge in [-0.3, -0.25) is 0 Å². The molecule has 0 aliphatic heterocycles. The number of nitriles is 1. The lowest BCUT2D eigenvalue weighted by molar-refractivity contribution is 0.495. The van der Waals surface area contributed by atoms with E-state index < -0.39 is 15.6 Å². The van der Waals surface area contributed by atoms with E-state index in [1.165, 1.54) is 12.1 Å². The quantitative estimate of drug-likeness (QED) is 0.927. The fraction of sp³-hybridized carbons (Fsp3) is 0.364. The topological polar surface area (TPSA) is 70.0 Å². The number of benzene rings is 1. The molecule has 1 aromatic rings. The summed E-state index contributed by atoms with van der Waals surface area (Å²) < 4.78 is 27.1. The van der Waals surface area contributed by atoms with Crippen LogP contribution in [0.3, 0.4) is 0 Å². The normalized spacial score (nSPS) is 14.9. The van der Waals surface area contributed by atoms with E-state index in [9.17, 15) is 8.42 Å². The van der Waals surface area contributed by atoms with Crippen molar-refractivity contribution in [1.82, 2.24) is 4.72 Å². The number of rotatable bonds is 4. The van der Waals surface area contributed by atoms with Crippen LogP contribution in [0.4, 0.5) is 0 Å². The van der Waals surface area contributed by atoms with Gasteiger partial charge in [0.1, 0.15) is 5.54 Å². The zero-order chi connectivity index (χ0) is 13.1. The van der Waals surface area contributed by atoms with Crippen LogP contribution in [0.5, 0.6) is 0 Å². The molecule has 92 valence electrons. The number of nitrogens with zero attached hydrogens (tertiary/aromatic N) is 1. The predicted molar refractivity (Wildman–Crippen MR) is 68.8 cm³/mol. The lowest BCUT2D eigenvalue weighted by Gasteiger charge is -2.21. The van der Waals surface area contributed by atoms with Gasteiger partial charge in [0, 0.05) is 4.47 Å². The lowest BCUT2D eigenvalue weighted by Crippen LogP contribution is -2.44. The Labute approximate surface area is 110 Å². The Hall–Kier alpha value is -0.900. The minimum absolute atomic E-state index is 0.141. The lowest BCUT2D eigenvalue weighted by atomic mass is 10.0. The molecule has 0 bridgehead atoms. The summed E-state index contributed by atoms with van der Waals surface area (Å²) in [5.41, 5.74) is -1.08. The molecule has 0 fully saturated rings. The Kier molecular flexibility index (Phi) is 4.31. The van der Waals surface area contributed by atoms with Gasteiger partial charge >= 0.3 is 0 Å². The fourth-order valence-corrected chi connectivity index (χ4v) is 3.16. The largest absolute Gasteiger partial charge is 0.241 e. The average Bonchev–Trinajstić information content (AvgIpc) is 2.28. The van der Waals surface area contributed by atoms with Crippen LogP contribution >= 0.6 is 15.9 Å². The fourth-order valence-electron chi connectivity index (χ4n) is 1.16. The van der Waals surface area contributed by atoms with Crippen LogP contribution in [0.1, 0.15) is 20.3 Å². The molecule has 0 heterocycles. The van der Waals surface area contributed by atoms with Crippen molar-refractivity contribution in [3.05, 3.63) is 28.7 Å². The molecule has 17 heavy (non-hydrogen) atoms. The van der Waals surface area contributed by atoms with Crippen molar-refractivity contribution in [2.24, 2.45) is 0 Å². The van der Waals surface area contributed by atoms with E-state index in [0.29, 0.717) is 10.9 Å². The molecule has 1 rings (SSSR count). The molecule has 0 aliphatic rings. The minimum Gasteiger partial charge on any atom is -0.207 e. The zero-order valence-electron chi connectivity index (χ0n) is 9.57. The molecule has 0 aliphatic carbocycles. The maximum absolute atomic E-state index is 12.0. The molecular formula is C11H13BrN2O2S. The van der Waals surface area contributed by atoms with Crippen molar-refractivity contribution in [2.45, 2.75) is 30.7 Å². The number of nitrogens with one attached hydrogen (secondary N) is 1. The van der Waals surface area contributed by atoms with Crippen LogP contribution in [-0.4, -0.2) is 14.0 Å². The SMILES string of the molecule is CCC(C)(C#N)NS(=O)(=O)c1cccc(Br)c1. The van der Waals surface area contributed by atoms with Gasteiger partial charge in [0.15, 0.2) is 0 Å². The van der Waals surface area contributed by atoms with Gasteiger partial charge in [-0.25, -0.2) is 8.42 Å². The third-order valence-electron chi connectivity index (χ3n) is 2.42. The highest BCUT2D eigenvalue weighted by Gasteiger charge is 2.28. The monoisotopic (exact) mass is 316 g/mol. The van der Waals surface area contributed by atoms with Crippen molar-refractivity contribution < 1.29 is 8.42 Å². The van der Waals surface area contributed by atoms with Gasteiger partial charge < -0.3 is 0 Å². The van der Waals surface area contributed by atoms with E-state index >= 15 is 0 Å². The first-order valence-corrected chi connectivity index (χ1v) is 7.31. The summed E-state index contributed by atoms with van der Waals surface area (Å²) in [5, 5.41) is 8.96. The van der Waals surface area contributed by atoms with Gasteiger partial charge in [0.2, 0.25) is 10.0 Å². The third kappa shape index (κ3) is 3.53. The van der Waals surface area contributed by atoms with Gasteiger partial charge in [-0.2, -0.15) is 9.98 Å². The van der Waals surface area contributed by atoms with Gasteiger partial charge in [0.05, 0.1) is 11.0 Å². The van der Waals surface area contributed by atoms with E-state index in [0.717, 1.165) is 0 Å². The first-order valence-electron chi connectivity index (χ1n) is 5.04. The van der Waals surface area contributed by atoms with Crippen molar-refractivity contribution >= 4 is 26.0 Å². The van der Waals surface area contributed by atoms with Crippen LogP contribution in [0.2, 0.25) is 0 Å². The van der Waals surface area contributed by atoms with Crippen molar-refractivity contribution in [1.29, 1.82) is 5.26 Å². The summed E-state index contributed by atoms with van der Waals surface area (Å²) in [6, 6.07) is 8.32. The molecule has 0 saturated heterocycles. The van der Waals surface area contributed by atoms with Gasteiger partial charge in [-0.15, -0.1) is 0 Å². The van der Waals surface area contributed by atoms with E-state index in [-0.39, 0.29) is 4.90 Å². The summed E-state index contributed by atoms with van der Waals surface area (Å²) in [6.45, 7) is 3.31. The zero-order valence-corrected chi connectivity index (χ0v) is 12.0. The average molecular weight is 317 g/mol. The standard InChI is InChI=1S/C11H13BrN2O2S/c1-3-11(2,8-13)14-17(15,16)10-6-4-5-9(12)7-10/h4-7,14H,3H2,1-2H3. The van der Waals surface area contributed by atoms with Crippen LogP contribution in [0, 0.1) is 11.3 Å². The summed E-state index contributed by atoms with van der Waals surface area (Å²) in [7, 11) is -3.67. The Bertz CT molecular complexity index is 551. The maximum Gasteiger partial charge on any atom is 0.241 e. The second-order valence-electron chi connectivity index (χ2n) is 3.86. The Balaban J connectivity index is 3.10. The molecule has 0 amide bonds. The van der Waals surface area contributed by atoms with Gasteiger partial charge in [0.25, 0.3) is 0 Å². The van der Waals surface area contributed by atoms with E-state index in [1.807, 2.05) is 6.07 Å². The number of halogens is 1. The van der Waals surface area contributed by atoms with E-state index in [2.05, 4.69) is 20.7 Å². The summed E-state index contributed by atoms with van der Waals surface area (Å²) in [6.07, 6.45) is 0.400. The van der Waals surface area contributed by atoms with Crippen LogP contribution in [-0.2, 0) is 10.0 Å². The smallest absolute Gasteiger partial charge is 0.207 e. The van der Waals surface area contributed by atoms with Crippen molar-refractivity contribution in [3.63, 3.8) is 0 Å².